The number of benzene rings is 2. The molecule has 0 atom stereocenters. The van der Waals surface area contributed by atoms with Gasteiger partial charge < -0.3 is 10.2 Å². The molecule has 0 radical (unpaired) electrons. The number of aromatic nitrogens is 3. The maximum Gasteiger partial charge on any atom is 0.244 e. The first-order chi connectivity index (χ1) is 14.6. The SMILES string of the molecule is CCc1ccccc1NC(=O)CN1CCN(C(=O)Cn2nnc3ccccc32)CC1. The van der Waals surface area contributed by atoms with Gasteiger partial charge in [0.2, 0.25) is 11.8 Å². The van der Waals surface area contributed by atoms with Crippen LogP contribution in [0.5, 0.6) is 0 Å². The Hall–Kier alpha value is -3.26. The van der Waals surface area contributed by atoms with Gasteiger partial charge in [-0.15, -0.1) is 5.10 Å². The summed E-state index contributed by atoms with van der Waals surface area (Å²) < 4.78 is 1.64. The van der Waals surface area contributed by atoms with Gasteiger partial charge in [-0.1, -0.05) is 42.5 Å². The molecule has 8 heteroatoms. The number of hydrogen-bond donors (Lipinski definition) is 1. The fourth-order valence-corrected chi connectivity index (χ4v) is 3.76. The number of nitrogens with one attached hydrogen (secondary N) is 1. The molecule has 8 nitrogen and oxygen atoms in total. The molecule has 4 rings (SSSR count). The summed E-state index contributed by atoms with van der Waals surface area (Å²) in [6.07, 6.45) is 0.873. The van der Waals surface area contributed by atoms with Crippen LogP contribution in [0, 0.1) is 0 Å². The summed E-state index contributed by atoms with van der Waals surface area (Å²) in [7, 11) is 0. The van der Waals surface area contributed by atoms with E-state index < -0.39 is 0 Å². The Kier molecular flexibility index (Phi) is 6.04. The number of carbonyl (C=O) groups excluding carboxylic acids is 2. The van der Waals surface area contributed by atoms with Crippen molar-refractivity contribution >= 4 is 28.5 Å². The quantitative estimate of drug-likeness (QED) is 0.675. The third-order valence-corrected chi connectivity index (χ3v) is 5.47. The van der Waals surface area contributed by atoms with Crippen molar-refractivity contribution in [3.05, 3.63) is 54.1 Å². The Bertz CT molecular complexity index is 1040. The molecule has 1 fully saturated rings. The van der Waals surface area contributed by atoms with E-state index in [-0.39, 0.29) is 18.4 Å². The van der Waals surface area contributed by atoms with Crippen molar-refractivity contribution in [3.63, 3.8) is 0 Å². The molecule has 0 saturated carbocycles. The van der Waals surface area contributed by atoms with Crippen LogP contribution in [0.2, 0.25) is 0 Å². The van der Waals surface area contributed by atoms with Gasteiger partial charge in [-0.05, 0) is 30.2 Å². The summed E-state index contributed by atoms with van der Waals surface area (Å²) in [4.78, 5) is 29.1. The minimum absolute atomic E-state index is 0.0200. The number of anilines is 1. The third kappa shape index (κ3) is 4.49. The Morgan fingerprint density at radius 2 is 1.70 bits per heavy atom. The Labute approximate surface area is 175 Å². The number of amides is 2. The van der Waals surface area contributed by atoms with E-state index >= 15 is 0 Å². The Morgan fingerprint density at radius 1 is 0.967 bits per heavy atom. The standard InChI is InChI=1S/C22H26N6O2/c1-2-17-7-3-4-8-18(17)23-21(29)15-26-11-13-27(14-12-26)22(30)16-28-20-10-6-5-9-19(20)24-25-28/h3-10H,2,11-16H2,1H3,(H,23,29). The molecule has 0 spiro atoms. The number of hydrogen-bond acceptors (Lipinski definition) is 5. The first-order valence-electron chi connectivity index (χ1n) is 10.3. The molecule has 1 aliphatic heterocycles. The van der Waals surface area contributed by atoms with E-state index in [9.17, 15) is 9.59 Å². The predicted octanol–water partition coefficient (Wildman–Crippen LogP) is 1.78. The lowest BCUT2D eigenvalue weighted by atomic mass is 10.1. The summed E-state index contributed by atoms with van der Waals surface area (Å²) >= 11 is 0. The number of fused-ring (bicyclic) bond motifs is 1. The number of rotatable bonds is 6. The molecule has 2 heterocycles. The molecule has 1 aliphatic rings. The highest BCUT2D eigenvalue weighted by Crippen LogP contribution is 2.15. The van der Waals surface area contributed by atoms with Gasteiger partial charge in [0.25, 0.3) is 0 Å². The average molecular weight is 406 g/mol. The molecule has 3 aromatic rings. The Morgan fingerprint density at radius 3 is 2.50 bits per heavy atom. The van der Waals surface area contributed by atoms with Gasteiger partial charge in [-0.3, -0.25) is 14.5 Å². The van der Waals surface area contributed by atoms with Gasteiger partial charge in [-0.2, -0.15) is 0 Å². The fraction of sp³-hybridized carbons (Fsp3) is 0.364. The van der Waals surface area contributed by atoms with Crippen LogP contribution in [0.1, 0.15) is 12.5 Å². The van der Waals surface area contributed by atoms with Crippen molar-refractivity contribution in [1.29, 1.82) is 0 Å². The summed E-state index contributed by atoms with van der Waals surface area (Å²) in [5, 5.41) is 11.2. The second-order valence-corrected chi connectivity index (χ2v) is 7.45. The van der Waals surface area contributed by atoms with E-state index in [2.05, 4.69) is 27.5 Å². The lowest BCUT2D eigenvalue weighted by molar-refractivity contribution is -0.133. The van der Waals surface area contributed by atoms with E-state index in [1.54, 1.807) is 4.68 Å². The number of carbonyl (C=O) groups is 2. The van der Waals surface area contributed by atoms with Crippen molar-refractivity contribution in [2.75, 3.05) is 38.0 Å². The zero-order chi connectivity index (χ0) is 20.9. The number of piperazine rings is 1. The van der Waals surface area contributed by atoms with Crippen molar-refractivity contribution in [2.45, 2.75) is 19.9 Å². The van der Waals surface area contributed by atoms with E-state index in [1.165, 1.54) is 0 Å². The summed E-state index contributed by atoms with van der Waals surface area (Å²) in [5.74, 6) is -0.00334. The van der Waals surface area contributed by atoms with E-state index in [1.807, 2.05) is 53.4 Å². The van der Waals surface area contributed by atoms with E-state index in [0.29, 0.717) is 32.7 Å². The van der Waals surface area contributed by atoms with Gasteiger partial charge in [0, 0.05) is 31.9 Å². The monoisotopic (exact) mass is 406 g/mol. The summed E-state index contributed by atoms with van der Waals surface area (Å²) in [6.45, 7) is 5.12. The average Bonchev–Trinajstić information content (AvgIpc) is 3.17. The highest BCUT2D eigenvalue weighted by atomic mass is 16.2. The second-order valence-electron chi connectivity index (χ2n) is 7.45. The maximum atomic E-state index is 12.7. The molecular formula is C22H26N6O2. The molecule has 30 heavy (non-hydrogen) atoms. The van der Waals surface area contributed by atoms with Crippen molar-refractivity contribution in [2.24, 2.45) is 0 Å². The lowest BCUT2D eigenvalue weighted by Gasteiger charge is -2.34. The molecule has 2 aromatic carbocycles. The first kappa shape index (κ1) is 20.0. The minimum Gasteiger partial charge on any atom is -0.339 e. The maximum absolute atomic E-state index is 12.7. The highest BCUT2D eigenvalue weighted by molar-refractivity contribution is 5.93. The normalized spacial score (nSPS) is 14.8. The van der Waals surface area contributed by atoms with Gasteiger partial charge in [-0.25, -0.2) is 4.68 Å². The minimum atomic E-state index is -0.0234. The molecule has 1 saturated heterocycles. The van der Waals surface area contributed by atoms with E-state index in [4.69, 9.17) is 0 Å². The molecular weight excluding hydrogens is 380 g/mol. The highest BCUT2D eigenvalue weighted by Gasteiger charge is 2.23. The fourth-order valence-electron chi connectivity index (χ4n) is 3.76. The number of nitrogens with zero attached hydrogens (tertiary/aromatic N) is 5. The van der Waals surface area contributed by atoms with Crippen LogP contribution in [0.3, 0.4) is 0 Å². The Balaban J connectivity index is 1.27. The van der Waals surface area contributed by atoms with Gasteiger partial charge in [0.15, 0.2) is 0 Å². The van der Waals surface area contributed by atoms with Crippen LogP contribution in [0.25, 0.3) is 11.0 Å². The molecule has 1 aromatic heterocycles. The van der Waals surface area contributed by atoms with E-state index in [0.717, 1.165) is 28.7 Å². The number of aryl methyl sites for hydroxylation is 1. The predicted molar refractivity (Wildman–Crippen MR) is 115 cm³/mol. The topological polar surface area (TPSA) is 83.4 Å². The molecule has 156 valence electrons. The zero-order valence-electron chi connectivity index (χ0n) is 17.1. The molecule has 0 bridgehead atoms. The van der Waals surface area contributed by atoms with Crippen LogP contribution in [0.15, 0.2) is 48.5 Å². The largest absolute Gasteiger partial charge is 0.339 e. The van der Waals surface area contributed by atoms with Gasteiger partial charge in [0.05, 0.1) is 12.1 Å². The van der Waals surface area contributed by atoms with Crippen LogP contribution in [0.4, 0.5) is 5.69 Å². The van der Waals surface area contributed by atoms with Crippen LogP contribution >= 0.6 is 0 Å². The van der Waals surface area contributed by atoms with Crippen molar-refractivity contribution < 1.29 is 9.59 Å². The number of para-hydroxylation sites is 2. The van der Waals surface area contributed by atoms with Crippen molar-refractivity contribution in [3.8, 4) is 0 Å². The van der Waals surface area contributed by atoms with Crippen molar-refractivity contribution in [1.82, 2.24) is 24.8 Å². The van der Waals surface area contributed by atoms with Gasteiger partial charge >= 0.3 is 0 Å². The van der Waals surface area contributed by atoms with Crippen LogP contribution in [-0.2, 0) is 22.6 Å². The zero-order valence-corrected chi connectivity index (χ0v) is 17.1. The smallest absolute Gasteiger partial charge is 0.244 e. The summed E-state index contributed by atoms with van der Waals surface area (Å²) in [6, 6.07) is 15.5. The van der Waals surface area contributed by atoms with Crippen LogP contribution in [-0.4, -0.2) is 69.3 Å². The van der Waals surface area contributed by atoms with Gasteiger partial charge in [0.1, 0.15) is 12.1 Å². The van der Waals surface area contributed by atoms with Crippen LogP contribution < -0.4 is 5.32 Å². The lowest BCUT2D eigenvalue weighted by Crippen LogP contribution is -2.51. The first-order valence-corrected chi connectivity index (χ1v) is 10.3. The molecule has 0 unspecified atom stereocenters. The summed E-state index contributed by atoms with van der Waals surface area (Å²) in [5.41, 5.74) is 3.64. The molecule has 0 aliphatic carbocycles. The third-order valence-electron chi connectivity index (χ3n) is 5.47. The molecule has 1 N–H and O–H groups in total. The molecule has 2 amide bonds. The second kappa shape index (κ2) is 9.04.